The van der Waals surface area contributed by atoms with Crippen molar-refractivity contribution in [3.63, 3.8) is 0 Å². The van der Waals surface area contributed by atoms with Gasteiger partial charge in [-0.25, -0.2) is 4.98 Å². The molecule has 2 heterocycles. The van der Waals surface area contributed by atoms with E-state index in [-0.39, 0.29) is 30.5 Å². The number of amides is 1. The minimum atomic E-state index is -0.134. The van der Waals surface area contributed by atoms with Gasteiger partial charge in [0, 0.05) is 23.7 Å². The molecule has 2 aromatic carbocycles. The van der Waals surface area contributed by atoms with Gasteiger partial charge in [0.15, 0.2) is 5.65 Å². The largest absolute Gasteiger partial charge is 0.349 e. The Balaban J connectivity index is 1.39. The average molecular weight is 489 g/mol. The molecule has 1 N–H and O–H groups in total. The molecule has 1 aliphatic rings. The maximum atomic E-state index is 13.4. The van der Waals surface area contributed by atoms with Crippen LogP contribution in [0.15, 0.2) is 53.6 Å². The van der Waals surface area contributed by atoms with E-state index in [1.807, 2.05) is 55.7 Å². The van der Waals surface area contributed by atoms with Gasteiger partial charge in [0.2, 0.25) is 5.91 Å². The number of halogens is 1. The van der Waals surface area contributed by atoms with Gasteiger partial charge < -0.3 is 5.32 Å². The highest BCUT2D eigenvalue weighted by molar-refractivity contribution is 6.30. The Morgan fingerprint density at radius 3 is 2.80 bits per heavy atom. The molecule has 0 spiro atoms. The molecule has 1 unspecified atom stereocenters. The topological polar surface area (TPSA) is 68.9 Å². The maximum Gasteiger partial charge on any atom is 0.263 e. The minimum absolute atomic E-state index is 0.0321. The van der Waals surface area contributed by atoms with Crippen LogP contribution in [0, 0.1) is 20.8 Å². The zero-order valence-corrected chi connectivity index (χ0v) is 21.0. The van der Waals surface area contributed by atoms with Crippen LogP contribution >= 0.6 is 11.6 Å². The quantitative estimate of drug-likeness (QED) is 0.411. The molecule has 0 aliphatic heterocycles. The van der Waals surface area contributed by atoms with Crippen LogP contribution in [-0.4, -0.2) is 20.0 Å². The van der Waals surface area contributed by atoms with Crippen molar-refractivity contribution in [3.05, 3.63) is 92.1 Å². The standard InChI is InChI=1S/C28H29ClN4O2/c1-17-11-12-21(29)15-24(17)33-19(3)18(2)26-27(33)30-16-32(28(26)35)14-13-25(34)31-23-10-6-8-20-7-4-5-9-22(20)23/h4-5,7,9,11-12,15-16,23H,6,8,10,13-14H2,1-3H3,(H,31,34). The third-order valence-electron chi connectivity index (χ3n) is 7.18. The number of rotatable bonds is 5. The van der Waals surface area contributed by atoms with E-state index in [4.69, 9.17) is 11.6 Å². The van der Waals surface area contributed by atoms with E-state index >= 15 is 0 Å². The lowest BCUT2D eigenvalue weighted by Gasteiger charge is -2.26. The van der Waals surface area contributed by atoms with Crippen molar-refractivity contribution in [2.45, 2.75) is 59.0 Å². The number of hydrogen-bond acceptors (Lipinski definition) is 3. The van der Waals surface area contributed by atoms with E-state index in [0.717, 1.165) is 41.8 Å². The van der Waals surface area contributed by atoms with Gasteiger partial charge in [-0.05, 0) is 74.4 Å². The highest BCUT2D eigenvalue weighted by Crippen LogP contribution is 2.30. The smallest absolute Gasteiger partial charge is 0.263 e. The van der Waals surface area contributed by atoms with Crippen LogP contribution in [0.2, 0.25) is 5.02 Å². The highest BCUT2D eigenvalue weighted by Gasteiger charge is 2.22. The molecule has 0 bridgehead atoms. The molecule has 1 atom stereocenters. The van der Waals surface area contributed by atoms with E-state index in [9.17, 15) is 9.59 Å². The summed E-state index contributed by atoms with van der Waals surface area (Å²) in [6.07, 6.45) is 4.81. The van der Waals surface area contributed by atoms with Gasteiger partial charge in [-0.2, -0.15) is 0 Å². The molecule has 6 nitrogen and oxygen atoms in total. The Morgan fingerprint density at radius 2 is 1.97 bits per heavy atom. The molecule has 0 saturated carbocycles. The molecule has 0 radical (unpaired) electrons. The summed E-state index contributed by atoms with van der Waals surface area (Å²) in [5, 5.41) is 4.37. The van der Waals surface area contributed by atoms with Gasteiger partial charge in [0.1, 0.15) is 0 Å². The highest BCUT2D eigenvalue weighted by atomic mass is 35.5. The third-order valence-corrected chi connectivity index (χ3v) is 7.41. The van der Waals surface area contributed by atoms with Crippen LogP contribution in [-0.2, 0) is 17.8 Å². The molecule has 1 amide bonds. The molecule has 7 heteroatoms. The summed E-state index contributed by atoms with van der Waals surface area (Å²) in [5.41, 5.74) is 6.76. The van der Waals surface area contributed by atoms with Gasteiger partial charge in [0.05, 0.1) is 23.4 Å². The molecule has 2 aromatic heterocycles. The van der Waals surface area contributed by atoms with E-state index in [1.54, 1.807) is 10.9 Å². The monoisotopic (exact) mass is 488 g/mol. The normalized spacial score (nSPS) is 15.3. The van der Waals surface area contributed by atoms with Gasteiger partial charge in [0.25, 0.3) is 5.56 Å². The summed E-state index contributed by atoms with van der Waals surface area (Å²) in [5.74, 6) is -0.0567. The fourth-order valence-electron chi connectivity index (χ4n) is 5.16. The van der Waals surface area contributed by atoms with Crippen molar-refractivity contribution in [1.29, 1.82) is 0 Å². The predicted molar refractivity (Wildman–Crippen MR) is 139 cm³/mol. The van der Waals surface area contributed by atoms with Crippen molar-refractivity contribution >= 4 is 28.5 Å². The number of carbonyl (C=O) groups excluding carboxylic acids is 1. The van der Waals surface area contributed by atoms with Crippen LogP contribution in [0.4, 0.5) is 0 Å². The zero-order valence-electron chi connectivity index (χ0n) is 20.3. The zero-order chi connectivity index (χ0) is 24.7. The molecular formula is C28H29ClN4O2. The first-order valence-corrected chi connectivity index (χ1v) is 12.4. The van der Waals surface area contributed by atoms with Gasteiger partial charge in [-0.3, -0.25) is 18.7 Å². The number of benzene rings is 2. The first-order chi connectivity index (χ1) is 16.8. The summed E-state index contributed by atoms with van der Waals surface area (Å²) < 4.78 is 3.53. The second-order valence-electron chi connectivity index (χ2n) is 9.38. The van der Waals surface area contributed by atoms with Crippen molar-refractivity contribution in [3.8, 4) is 5.69 Å². The summed E-state index contributed by atoms with van der Waals surface area (Å²) in [7, 11) is 0. The van der Waals surface area contributed by atoms with Crippen molar-refractivity contribution in [1.82, 2.24) is 19.4 Å². The number of fused-ring (bicyclic) bond motifs is 2. The minimum Gasteiger partial charge on any atom is -0.349 e. The number of aryl methyl sites for hydroxylation is 4. The lowest BCUT2D eigenvalue weighted by atomic mass is 9.88. The maximum absolute atomic E-state index is 13.4. The molecule has 5 rings (SSSR count). The Kier molecular flexibility index (Phi) is 6.24. The van der Waals surface area contributed by atoms with Crippen LogP contribution in [0.3, 0.4) is 0 Å². The number of nitrogens with one attached hydrogen (secondary N) is 1. The second kappa shape index (κ2) is 9.34. The third kappa shape index (κ3) is 4.27. The lowest BCUT2D eigenvalue weighted by Crippen LogP contribution is -2.32. The first-order valence-electron chi connectivity index (χ1n) is 12.1. The van der Waals surface area contributed by atoms with Crippen LogP contribution in [0.5, 0.6) is 0 Å². The Bertz CT molecular complexity index is 1500. The van der Waals surface area contributed by atoms with Gasteiger partial charge in [-0.15, -0.1) is 0 Å². The number of nitrogens with zero attached hydrogens (tertiary/aromatic N) is 3. The van der Waals surface area contributed by atoms with Crippen LogP contribution in [0.1, 0.15) is 53.3 Å². The van der Waals surface area contributed by atoms with Crippen LogP contribution < -0.4 is 10.9 Å². The van der Waals surface area contributed by atoms with Gasteiger partial charge in [-0.1, -0.05) is 41.9 Å². The number of aromatic nitrogens is 3. The summed E-state index contributed by atoms with van der Waals surface area (Å²) >= 11 is 6.26. The molecule has 35 heavy (non-hydrogen) atoms. The summed E-state index contributed by atoms with van der Waals surface area (Å²) in [6, 6.07) is 14.0. The van der Waals surface area contributed by atoms with E-state index in [2.05, 4.69) is 22.4 Å². The lowest BCUT2D eigenvalue weighted by molar-refractivity contribution is -0.122. The van der Waals surface area contributed by atoms with Crippen molar-refractivity contribution in [2.24, 2.45) is 0 Å². The molecule has 1 aliphatic carbocycles. The SMILES string of the molecule is Cc1ccc(Cl)cc1-n1c(C)c(C)c2c(=O)n(CCC(=O)NC3CCCc4ccccc43)cnc21. The molecule has 4 aromatic rings. The summed E-state index contributed by atoms with van der Waals surface area (Å²) in [6.45, 7) is 6.21. The second-order valence-corrected chi connectivity index (χ2v) is 9.82. The van der Waals surface area contributed by atoms with E-state index in [0.29, 0.717) is 16.1 Å². The molecule has 0 saturated heterocycles. The number of carbonyl (C=O) groups is 1. The average Bonchev–Trinajstić information content (AvgIpc) is 3.11. The van der Waals surface area contributed by atoms with Gasteiger partial charge >= 0.3 is 0 Å². The first kappa shape index (κ1) is 23.4. The molecular weight excluding hydrogens is 460 g/mol. The Labute approximate surface area is 209 Å². The van der Waals surface area contributed by atoms with Crippen molar-refractivity contribution in [2.75, 3.05) is 0 Å². The number of hydrogen-bond donors (Lipinski definition) is 1. The summed E-state index contributed by atoms with van der Waals surface area (Å²) in [4.78, 5) is 30.8. The van der Waals surface area contributed by atoms with Crippen molar-refractivity contribution < 1.29 is 4.79 Å². The van der Waals surface area contributed by atoms with E-state index in [1.165, 1.54) is 11.1 Å². The molecule has 0 fully saturated rings. The van der Waals surface area contributed by atoms with Crippen LogP contribution in [0.25, 0.3) is 16.7 Å². The van der Waals surface area contributed by atoms with E-state index < -0.39 is 0 Å². The Morgan fingerprint density at radius 1 is 1.17 bits per heavy atom. The fourth-order valence-corrected chi connectivity index (χ4v) is 5.32. The predicted octanol–water partition coefficient (Wildman–Crippen LogP) is 5.35. The molecule has 180 valence electrons. The fraction of sp³-hybridized carbons (Fsp3) is 0.321. The Hall–Kier alpha value is -3.38.